The molecule has 0 saturated heterocycles. The van der Waals surface area contributed by atoms with E-state index in [2.05, 4.69) is 10.3 Å². The van der Waals surface area contributed by atoms with Crippen LogP contribution in [-0.2, 0) is 16.4 Å². The number of H-pyrrole nitrogens is 1. The molecule has 0 spiro atoms. The molecule has 7 nitrogen and oxygen atoms in total. The second-order valence-electron chi connectivity index (χ2n) is 6.01. The van der Waals surface area contributed by atoms with Gasteiger partial charge in [0, 0.05) is 12.2 Å². The van der Waals surface area contributed by atoms with E-state index in [0.717, 1.165) is 11.3 Å². The normalized spacial score (nSPS) is 11.5. The molecule has 1 amide bonds. The summed E-state index contributed by atoms with van der Waals surface area (Å²) in [6.07, 6.45) is 0.499. The number of carbonyl (C=O) groups excluding carboxylic acids is 1. The summed E-state index contributed by atoms with van der Waals surface area (Å²) in [7, 11) is -3.71. The lowest BCUT2D eigenvalue weighted by atomic mass is 10.1. The minimum atomic E-state index is -3.71. The molecule has 0 aliphatic rings. The van der Waals surface area contributed by atoms with Crippen LogP contribution in [0.1, 0.15) is 41.4 Å². The van der Waals surface area contributed by atoms with Crippen LogP contribution < -0.4 is 16.0 Å². The van der Waals surface area contributed by atoms with Crippen molar-refractivity contribution in [3.8, 4) is 0 Å². The van der Waals surface area contributed by atoms with Gasteiger partial charge in [0.15, 0.2) is 0 Å². The fourth-order valence-electron chi connectivity index (χ4n) is 2.27. The molecule has 1 aromatic carbocycles. The Kier molecular flexibility index (Phi) is 5.76. The highest BCUT2D eigenvalue weighted by Crippen LogP contribution is 2.10. The third-order valence-electron chi connectivity index (χ3n) is 3.75. The molecule has 25 heavy (non-hydrogen) atoms. The molecule has 2 rings (SSSR count). The lowest BCUT2D eigenvalue weighted by Gasteiger charge is -2.08. The highest BCUT2D eigenvalue weighted by Gasteiger charge is 2.12. The molecule has 0 aliphatic heterocycles. The van der Waals surface area contributed by atoms with Crippen molar-refractivity contribution in [2.75, 3.05) is 6.54 Å². The Bertz CT molecular complexity index is 916. The Balaban J connectivity index is 1.96. The largest absolute Gasteiger partial charge is 0.352 e. The Morgan fingerprint density at radius 3 is 2.32 bits per heavy atom. The van der Waals surface area contributed by atoms with E-state index in [-0.39, 0.29) is 16.4 Å². The molecule has 1 aromatic heterocycles. The summed E-state index contributed by atoms with van der Waals surface area (Å²) in [6, 6.07) is 9.35. The number of benzene rings is 1. The summed E-state index contributed by atoms with van der Waals surface area (Å²) in [5.74, 6) is -0.275. The molecule has 0 unspecified atom stereocenters. The number of rotatable bonds is 6. The van der Waals surface area contributed by atoms with Crippen molar-refractivity contribution in [1.82, 2.24) is 10.3 Å². The fourth-order valence-corrected chi connectivity index (χ4v) is 2.78. The van der Waals surface area contributed by atoms with E-state index in [1.807, 2.05) is 13.8 Å². The molecule has 0 bridgehead atoms. The number of hydrogen-bond acceptors (Lipinski definition) is 4. The third kappa shape index (κ3) is 5.01. The fraction of sp³-hybridized carbons (Fsp3) is 0.294. The first kappa shape index (κ1) is 18.9. The second-order valence-corrected chi connectivity index (χ2v) is 7.57. The van der Waals surface area contributed by atoms with Crippen molar-refractivity contribution < 1.29 is 13.2 Å². The van der Waals surface area contributed by atoms with Crippen LogP contribution in [0.15, 0.2) is 46.1 Å². The molecular formula is C17H21N3O4S. The zero-order valence-electron chi connectivity index (χ0n) is 14.1. The van der Waals surface area contributed by atoms with Crippen molar-refractivity contribution in [3.05, 3.63) is 63.6 Å². The Morgan fingerprint density at radius 1 is 1.16 bits per heavy atom. The Labute approximate surface area is 146 Å². The van der Waals surface area contributed by atoms with Crippen molar-refractivity contribution in [1.29, 1.82) is 0 Å². The average molecular weight is 363 g/mol. The van der Waals surface area contributed by atoms with Crippen LogP contribution in [-0.4, -0.2) is 25.9 Å². The minimum Gasteiger partial charge on any atom is -0.352 e. The van der Waals surface area contributed by atoms with Gasteiger partial charge in [0.05, 0.1) is 4.90 Å². The van der Waals surface area contributed by atoms with Crippen molar-refractivity contribution in [3.63, 3.8) is 0 Å². The Morgan fingerprint density at radius 2 is 1.80 bits per heavy atom. The smallest absolute Gasteiger partial charge is 0.261 e. The van der Waals surface area contributed by atoms with Gasteiger partial charge < -0.3 is 10.3 Å². The van der Waals surface area contributed by atoms with E-state index in [4.69, 9.17) is 5.14 Å². The quantitative estimate of drug-likeness (QED) is 0.712. The standard InChI is InChI=1S/C17H21N3O4S/c1-11(2)15-8-7-14(17(22)20-15)16(21)19-10-9-12-3-5-13(6-4-12)25(18,23)24/h3-8,11H,9-10H2,1-2H3,(H,19,21)(H,20,22)(H2,18,23,24). The third-order valence-corrected chi connectivity index (χ3v) is 4.68. The van der Waals surface area contributed by atoms with Crippen LogP contribution >= 0.6 is 0 Å². The summed E-state index contributed by atoms with van der Waals surface area (Å²) in [4.78, 5) is 26.8. The zero-order valence-corrected chi connectivity index (χ0v) is 14.9. The van der Waals surface area contributed by atoms with Gasteiger partial charge in [-0.3, -0.25) is 9.59 Å². The van der Waals surface area contributed by atoms with E-state index in [9.17, 15) is 18.0 Å². The van der Waals surface area contributed by atoms with Crippen LogP contribution in [0.5, 0.6) is 0 Å². The molecule has 8 heteroatoms. The van der Waals surface area contributed by atoms with Crippen molar-refractivity contribution in [2.24, 2.45) is 5.14 Å². The van der Waals surface area contributed by atoms with Crippen LogP contribution in [0.4, 0.5) is 0 Å². The molecular weight excluding hydrogens is 342 g/mol. The summed E-state index contributed by atoms with van der Waals surface area (Å²) < 4.78 is 22.4. The number of nitrogens with two attached hydrogens (primary N) is 1. The van der Waals surface area contributed by atoms with E-state index in [0.29, 0.717) is 13.0 Å². The molecule has 0 saturated carbocycles. The van der Waals surface area contributed by atoms with E-state index < -0.39 is 21.5 Å². The Hall–Kier alpha value is -2.45. The van der Waals surface area contributed by atoms with Crippen LogP contribution in [0, 0.1) is 0 Å². The maximum atomic E-state index is 12.1. The maximum Gasteiger partial charge on any atom is 0.261 e. The van der Waals surface area contributed by atoms with Gasteiger partial charge in [0.2, 0.25) is 10.0 Å². The van der Waals surface area contributed by atoms with Gasteiger partial charge in [-0.15, -0.1) is 0 Å². The van der Waals surface area contributed by atoms with Crippen molar-refractivity contribution >= 4 is 15.9 Å². The first-order chi connectivity index (χ1) is 11.7. The van der Waals surface area contributed by atoms with Gasteiger partial charge in [0.25, 0.3) is 11.5 Å². The van der Waals surface area contributed by atoms with Gasteiger partial charge in [-0.2, -0.15) is 0 Å². The number of sulfonamides is 1. The first-order valence-corrected chi connectivity index (χ1v) is 9.36. The zero-order chi connectivity index (χ0) is 18.6. The predicted octanol–water partition coefficient (Wildman–Crippen LogP) is 1.12. The number of aromatic nitrogens is 1. The van der Waals surface area contributed by atoms with Crippen LogP contribution in [0.25, 0.3) is 0 Å². The van der Waals surface area contributed by atoms with E-state index >= 15 is 0 Å². The van der Waals surface area contributed by atoms with Crippen LogP contribution in [0.3, 0.4) is 0 Å². The number of primary sulfonamides is 1. The monoisotopic (exact) mass is 363 g/mol. The minimum absolute atomic E-state index is 0.0389. The highest BCUT2D eigenvalue weighted by atomic mass is 32.2. The average Bonchev–Trinajstić information content (AvgIpc) is 2.54. The SMILES string of the molecule is CC(C)c1ccc(C(=O)NCCc2ccc(S(N)(=O)=O)cc2)c(=O)[nH]1. The maximum absolute atomic E-state index is 12.1. The molecule has 0 fully saturated rings. The molecule has 1 heterocycles. The molecule has 0 radical (unpaired) electrons. The lowest BCUT2D eigenvalue weighted by molar-refractivity contribution is 0.0952. The van der Waals surface area contributed by atoms with Crippen LogP contribution in [0.2, 0.25) is 0 Å². The van der Waals surface area contributed by atoms with Gasteiger partial charge in [-0.1, -0.05) is 26.0 Å². The summed E-state index contributed by atoms with van der Waals surface area (Å²) in [5.41, 5.74) is 1.27. The van der Waals surface area contributed by atoms with Gasteiger partial charge in [-0.25, -0.2) is 13.6 Å². The van der Waals surface area contributed by atoms with Crippen molar-refractivity contribution in [2.45, 2.75) is 31.1 Å². The second kappa shape index (κ2) is 7.62. The first-order valence-electron chi connectivity index (χ1n) is 7.81. The summed E-state index contributed by atoms with van der Waals surface area (Å²) >= 11 is 0. The summed E-state index contributed by atoms with van der Waals surface area (Å²) in [6.45, 7) is 4.22. The lowest BCUT2D eigenvalue weighted by Crippen LogP contribution is -2.31. The molecule has 134 valence electrons. The molecule has 4 N–H and O–H groups in total. The molecule has 0 atom stereocenters. The topological polar surface area (TPSA) is 122 Å². The number of carbonyl (C=O) groups is 1. The van der Waals surface area contributed by atoms with Gasteiger partial charge in [-0.05, 0) is 42.2 Å². The molecule has 2 aromatic rings. The number of aromatic amines is 1. The number of amides is 1. The number of hydrogen-bond donors (Lipinski definition) is 3. The predicted molar refractivity (Wildman–Crippen MR) is 95.0 cm³/mol. The number of pyridine rings is 1. The number of nitrogens with one attached hydrogen (secondary N) is 2. The van der Waals surface area contributed by atoms with E-state index in [1.165, 1.54) is 18.2 Å². The van der Waals surface area contributed by atoms with Gasteiger partial charge >= 0.3 is 0 Å². The van der Waals surface area contributed by atoms with Gasteiger partial charge in [0.1, 0.15) is 5.56 Å². The van der Waals surface area contributed by atoms with E-state index in [1.54, 1.807) is 18.2 Å². The highest BCUT2D eigenvalue weighted by molar-refractivity contribution is 7.89. The summed E-state index contributed by atoms with van der Waals surface area (Å²) in [5, 5.41) is 7.72. The molecule has 0 aliphatic carbocycles.